The Morgan fingerprint density at radius 1 is 1.27 bits per heavy atom. The largest absolute Gasteiger partial charge is 0.274 e. The van der Waals surface area contributed by atoms with Crippen LogP contribution in [0.1, 0.15) is 20.9 Å². The number of nitrogens with one attached hydrogen (secondary N) is 1. The molecule has 1 aromatic carbocycles. The molecule has 0 aliphatic carbocycles. The van der Waals surface area contributed by atoms with Gasteiger partial charge in [-0.15, -0.1) is 11.3 Å². The molecule has 0 atom stereocenters. The Hall–Kier alpha value is -2.73. The Kier molecular flexibility index (Phi) is 4.11. The van der Waals surface area contributed by atoms with E-state index in [2.05, 4.69) is 15.6 Å². The molecule has 6 heteroatoms. The Bertz CT molecular complexity index is 791. The van der Waals surface area contributed by atoms with E-state index in [9.17, 15) is 4.79 Å². The highest BCUT2D eigenvalue weighted by atomic mass is 32.1. The van der Waals surface area contributed by atoms with Crippen LogP contribution in [0.2, 0.25) is 0 Å². The summed E-state index contributed by atoms with van der Waals surface area (Å²) < 4.78 is 1.73. The molecular weight excluding hydrogens is 296 g/mol. The van der Waals surface area contributed by atoms with Gasteiger partial charge in [0.2, 0.25) is 0 Å². The molecule has 0 radical (unpaired) electrons. The molecule has 0 fully saturated rings. The van der Waals surface area contributed by atoms with Gasteiger partial charge in [-0.1, -0.05) is 24.3 Å². The normalized spacial score (nSPS) is 11.0. The fourth-order valence-electron chi connectivity index (χ4n) is 2.04. The lowest BCUT2D eigenvalue weighted by molar-refractivity contribution is 0.0954. The quantitative estimate of drug-likeness (QED) is 0.595. The van der Waals surface area contributed by atoms with Gasteiger partial charge in [-0.05, 0) is 30.5 Å². The summed E-state index contributed by atoms with van der Waals surface area (Å²) in [4.78, 5) is 13.1. The summed E-state index contributed by atoms with van der Waals surface area (Å²) in [6.07, 6.45) is 3.18. The van der Waals surface area contributed by atoms with E-state index in [4.69, 9.17) is 0 Å². The summed E-state index contributed by atoms with van der Waals surface area (Å²) in [7, 11) is 0. The van der Waals surface area contributed by atoms with Gasteiger partial charge in [-0.3, -0.25) is 4.79 Å². The first-order valence-corrected chi connectivity index (χ1v) is 7.60. The van der Waals surface area contributed by atoms with Gasteiger partial charge in [0.05, 0.1) is 29.4 Å². The summed E-state index contributed by atoms with van der Waals surface area (Å²) in [5.41, 5.74) is 4.72. The molecule has 110 valence electrons. The van der Waals surface area contributed by atoms with Crippen LogP contribution in [0.15, 0.2) is 59.1 Å². The van der Waals surface area contributed by atoms with E-state index in [-0.39, 0.29) is 5.91 Å². The highest BCUT2D eigenvalue weighted by Gasteiger charge is 2.14. The first kappa shape index (κ1) is 14.2. The maximum Gasteiger partial charge on any atom is 0.274 e. The Labute approximate surface area is 131 Å². The number of rotatable bonds is 4. The number of hydrazone groups is 1. The molecule has 0 spiro atoms. The third-order valence-electron chi connectivity index (χ3n) is 3.16. The van der Waals surface area contributed by atoms with Crippen molar-refractivity contribution in [1.29, 1.82) is 0 Å². The van der Waals surface area contributed by atoms with E-state index >= 15 is 0 Å². The maximum absolute atomic E-state index is 12.2. The van der Waals surface area contributed by atoms with Crippen molar-refractivity contribution in [3.05, 3.63) is 70.2 Å². The molecule has 0 aliphatic rings. The number of benzene rings is 1. The number of nitrogens with zero attached hydrogens (tertiary/aromatic N) is 3. The van der Waals surface area contributed by atoms with Gasteiger partial charge in [-0.2, -0.15) is 10.2 Å². The smallest absolute Gasteiger partial charge is 0.267 e. The van der Waals surface area contributed by atoms with Crippen molar-refractivity contribution in [3.63, 3.8) is 0 Å². The molecule has 2 heterocycles. The van der Waals surface area contributed by atoms with Crippen molar-refractivity contribution in [2.24, 2.45) is 5.10 Å². The van der Waals surface area contributed by atoms with Crippen LogP contribution in [0.4, 0.5) is 0 Å². The van der Waals surface area contributed by atoms with Gasteiger partial charge in [0.15, 0.2) is 0 Å². The Morgan fingerprint density at radius 2 is 2.09 bits per heavy atom. The Morgan fingerprint density at radius 3 is 2.82 bits per heavy atom. The summed E-state index contributed by atoms with van der Waals surface area (Å²) in [5, 5.41) is 10.2. The van der Waals surface area contributed by atoms with Crippen LogP contribution in [-0.2, 0) is 0 Å². The summed E-state index contributed by atoms with van der Waals surface area (Å²) >= 11 is 1.56. The van der Waals surface area contributed by atoms with Crippen LogP contribution in [0.25, 0.3) is 5.69 Å². The van der Waals surface area contributed by atoms with E-state index in [1.54, 1.807) is 28.4 Å². The van der Waals surface area contributed by atoms with Crippen molar-refractivity contribution in [3.8, 4) is 5.69 Å². The number of amides is 1. The fraction of sp³-hybridized carbons (Fsp3) is 0.0625. The van der Waals surface area contributed by atoms with Crippen LogP contribution in [-0.4, -0.2) is 21.9 Å². The zero-order valence-electron chi connectivity index (χ0n) is 11.9. The van der Waals surface area contributed by atoms with Crippen molar-refractivity contribution in [2.75, 3.05) is 0 Å². The molecule has 0 unspecified atom stereocenters. The maximum atomic E-state index is 12.2. The van der Waals surface area contributed by atoms with Gasteiger partial charge in [0.25, 0.3) is 5.91 Å². The molecule has 3 aromatic rings. The minimum absolute atomic E-state index is 0.271. The number of hydrogen-bond acceptors (Lipinski definition) is 4. The predicted molar refractivity (Wildman–Crippen MR) is 87.7 cm³/mol. The number of thiophene rings is 1. The standard InChI is InChI=1S/C16H14N4OS/c1-12-15(11-18-20(12)13-6-3-2-4-7-13)16(21)19-17-10-14-8-5-9-22-14/h2-11H,1H3,(H,19,21). The monoisotopic (exact) mass is 310 g/mol. The second-order valence-corrected chi connectivity index (χ2v) is 5.58. The highest BCUT2D eigenvalue weighted by Crippen LogP contribution is 2.13. The average molecular weight is 310 g/mol. The minimum atomic E-state index is -0.271. The average Bonchev–Trinajstić information content (AvgIpc) is 3.18. The van der Waals surface area contributed by atoms with E-state index in [0.717, 1.165) is 16.3 Å². The second-order valence-electron chi connectivity index (χ2n) is 4.61. The van der Waals surface area contributed by atoms with Gasteiger partial charge in [0, 0.05) is 4.88 Å². The molecule has 5 nitrogen and oxygen atoms in total. The zero-order valence-corrected chi connectivity index (χ0v) is 12.7. The van der Waals surface area contributed by atoms with Crippen LogP contribution in [0.3, 0.4) is 0 Å². The van der Waals surface area contributed by atoms with E-state index in [0.29, 0.717) is 5.56 Å². The lowest BCUT2D eigenvalue weighted by Gasteiger charge is -2.04. The third kappa shape index (κ3) is 2.96. The number of carbonyl (C=O) groups is 1. The van der Waals surface area contributed by atoms with Crippen molar-refractivity contribution >= 4 is 23.5 Å². The molecule has 0 bridgehead atoms. The van der Waals surface area contributed by atoms with Crippen LogP contribution in [0.5, 0.6) is 0 Å². The van der Waals surface area contributed by atoms with Gasteiger partial charge < -0.3 is 0 Å². The van der Waals surface area contributed by atoms with Crippen molar-refractivity contribution in [1.82, 2.24) is 15.2 Å². The lowest BCUT2D eigenvalue weighted by atomic mass is 10.2. The first-order valence-electron chi connectivity index (χ1n) is 6.72. The first-order chi connectivity index (χ1) is 10.8. The van der Waals surface area contributed by atoms with Crippen molar-refractivity contribution < 1.29 is 4.79 Å². The van der Waals surface area contributed by atoms with Gasteiger partial charge >= 0.3 is 0 Å². The van der Waals surface area contributed by atoms with Crippen LogP contribution >= 0.6 is 11.3 Å². The molecule has 3 rings (SSSR count). The molecule has 2 aromatic heterocycles. The lowest BCUT2D eigenvalue weighted by Crippen LogP contribution is -2.18. The van der Waals surface area contributed by atoms with Gasteiger partial charge in [0.1, 0.15) is 0 Å². The molecule has 0 saturated heterocycles. The van der Waals surface area contributed by atoms with E-state index in [1.807, 2.05) is 54.8 Å². The Balaban J connectivity index is 1.75. The number of para-hydroxylation sites is 1. The third-order valence-corrected chi connectivity index (χ3v) is 3.96. The number of aromatic nitrogens is 2. The molecule has 1 N–H and O–H groups in total. The SMILES string of the molecule is Cc1c(C(=O)NN=Cc2cccs2)cnn1-c1ccccc1. The van der Waals surface area contributed by atoms with Crippen molar-refractivity contribution in [2.45, 2.75) is 6.92 Å². The van der Waals surface area contributed by atoms with E-state index < -0.39 is 0 Å². The highest BCUT2D eigenvalue weighted by molar-refractivity contribution is 7.11. The number of hydrogen-bond donors (Lipinski definition) is 1. The minimum Gasteiger partial charge on any atom is -0.267 e. The zero-order chi connectivity index (χ0) is 15.4. The fourth-order valence-corrected chi connectivity index (χ4v) is 2.63. The second kappa shape index (κ2) is 6.36. The topological polar surface area (TPSA) is 59.3 Å². The predicted octanol–water partition coefficient (Wildman–Crippen LogP) is 3.01. The number of carbonyl (C=O) groups excluding carboxylic acids is 1. The molecule has 22 heavy (non-hydrogen) atoms. The summed E-state index contributed by atoms with van der Waals surface area (Å²) in [6.45, 7) is 1.86. The van der Waals surface area contributed by atoms with Gasteiger partial charge in [-0.25, -0.2) is 10.1 Å². The summed E-state index contributed by atoms with van der Waals surface area (Å²) in [6, 6.07) is 13.5. The summed E-state index contributed by atoms with van der Waals surface area (Å²) in [5.74, 6) is -0.271. The molecule has 1 amide bonds. The van der Waals surface area contributed by atoms with Crippen LogP contribution < -0.4 is 5.43 Å². The molecular formula is C16H14N4OS. The molecule has 0 aliphatic heterocycles. The van der Waals surface area contributed by atoms with Crippen LogP contribution in [0, 0.1) is 6.92 Å². The molecule has 0 saturated carbocycles. The van der Waals surface area contributed by atoms with E-state index in [1.165, 1.54) is 0 Å².